The first-order valence-corrected chi connectivity index (χ1v) is 3.76. The van der Waals surface area contributed by atoms with E-state index < -0.39 is 0 Å². The van der Waals surface area contributed by atoms with Crippen molar-refractivity contribution in [1.82, 2.24) is 9.55 Å². The SMILES string of the molecule is Cc1c(F)cnc2c1ccn2C. The first-order chi connectivity index (χ1) is 5.70. The fraction of sp³-hybridized carbons (Fsp3) is 0.222. The Bertz CT molecular complexity index is 431. The highest BCUT2D eigenvalue weighted by atomic mass is 19.1. The van der Waals surface area contributed by atoms with E-state index in [2.05, 4.69) is 4.98 Å². The van der Waals surface area contributed by atoms with Crippen molar-refractivity contribution in [2.75, 3.05) is 0 Å². The normalized spacial score (nSPS) is 10.9. The first-order valence-electron chi connectivity index (χ1n) is 3.76. The first kappa shape index (κ1) is 7.28. The molecular formula is C9H9FN2. The lowest BCUT2D eigenvalue weighted by molar-refractivity contribution is 0.615. The molecule has 2 aromatic heterocycles. The van der Waals surface area contributed by atoms with Crippen LogP contribution in [0.5, 0.6) is 0 Å². The molecule has 0 spiro atoms. The Kier molecular flexibility index (Phi) is 1.40. The van der Waals surface area contributed by atoms with Gasteiger partial charge in [0.05, 0.1) is 6.20 Å². The average molecular weight is 164 g/mol. The number of nitrogens with zero attached hydrogens (tertiary/aromatic N) is 2. The number of aryl methyl sites for hydroxylation is 2. The Labute approximate surface area is 69.6 Å². The molecule has 0 saturated heterocycles. The smallest absolute Gasteiger partial charge is 0.145 e. The standard InChI is InChI=1S/C9H9FN2/c1-6-7-3-4-12(2)9(7)11-5-8(6)10/h3-5H,1-2H3. The fourth-order valence-corrected chi connectivity index (χ4v) is 1.32. The number of fused-ring (bicyclic) bond motifs is 1. The van der Waals surface area contributed by atoms with Crippen LogP contribution in [0.15, 0.2) is 18.5 Å². The Morgan fingerprint density at radius 1 is 1.50 bits per heavy atom. The van der Waals surface area contributed by atoms with E-state index in [1.54, 1.807) is 6.92 Å². The molecule has 0 N–H and O–H groups in total. The van der Waals surface area contributed by atoms with Crippen molar-refractivity contribution in [3.63, 3.8) is 0 Å². The largest absolute Gasteiger partial charge is 0.336 e. The monoisotopic (exact) mass is 164 g/mol. The van der Waals surface area contributed by atoms with Gasteiger partial charge in [-0.2, -0.15) is 0 Å². The van der Waals surface area contributed by atoms with Gasteiger partial charge in [-0.05, 0) is 18.6 Å². The van der Waals surface area contributed by atoms with E-state index in [1.165, 1.54) is 6.20 Å². The van der Waals surface area contributed by atoms with Crippen LogP contribution >= 0.6 is 0 Å². The number of aromatic nitrogens is 2. The Morgan fingerprint density at radius 3 is 3.00 bits per heavy atom. The van der Waals surface area contributed by atoms with Crippen molar-refractivity contribution in [2.45, 2.75) is 6.92 Å². The maximum Gasteiger partial charge on any atom is 0.145 e. The third kappa shape index (κ3) is 0.826. The van der Waals surface area contributed by atoms with Crippen molar-refractivity contribution >= 4 is 11.0 Å². The van der Waals surface area contributed by atoms with Crippen LogP contribution in [0, 0.1) is 12.7 Å². The van der Waals surface area contributed by atoms with Crippen molar-refractivity contribution in [3.8, 4) is 0 Å². The molecule has 0 atom stereocenters. The molecule has 2 rings (SSSR count). The molecule has 0 bridgehead atoms. The van der Waals surface area contributed by atoms with E-state index in [-0.39, 0.29) is 5.82 Å². The minimum absolute atomic E-state index is 0.242. The summed E-state index contributed by atoms with van der Waals surface area (Å²) < 4.78 is 14.9. The summed E-state index contributed by atoms with van der Waals surface area (Å²) in [5, 5.41) is 0.887. The van der Waals surface area contributed by atoms with Crippen LogP contribution in [0.25, 0.3) is 11.0 Å². The third-order valence-corrected chi connectivity index (χ3v) is 2.10. The summed E-state index contributed by atoms with van der Waals surface area (Å²) in [6.45, 7) is 1.76. The van der Waals surface area contributed by atoms with Crippen LogP contribution in [0.1, 0.15) is 5.56 Å². The molecule has 0 amide bonds. The van der Waals surface area contributed by atoms with Crippen LogP contribution < -0.4 is 0 Å². The summed E-state index contributed by atoms with van der Waals surface area (Å²) in [5.41, 5.74) is 1.49. The van der Waals surface area contributed by atoms with Crippen LogP contribution in [0.3, 0.4) is 0 Å². The van der Waals surface area contributed by atoms with Gasteiger partial charge in [-0.1, -0.05) is 0 Å². The summed E-state index contributed by atoms with van der Waals surface area (Å²) in [7, 11) is 1.90. The Morgan fingerprint density at radius 2 is 2.25 bits per heavy atom. The van der Waals surface area contributed by atoms with Gasteiger partial charge in [0.25, 0.3) is 0 Å². The van der Waals surface area contributed by atoms with Crippen LogP contribution in [0.2, 0.25) is 0 Å². The molecule has 2 aromatic rings. The topological polar surface area (TPSA) is 17.8 Å². The minimum Gasteiger partial charge on any atom is -0.336 e. The number of rotatable bonds is 0. The van der Waals surface area contributed by atoms with Gasteiger partial charge in [0.15, 0.2) is 0 Å². The van der Waals surface area contributed by atoms with Gasteiger partial charge in [0.1, 0.15) is 11.5 Å². The maximum absolute atomic E-state index is 13.0. The van der Waals surface area contributed by atoms with E-state index in [0.717, 1.165) is 11.0 Å². The third-order valence-electron chi connectivity index (χ3n) is 2.10. The lowest BCUT2D eigenvalue weighted by Crippen LogP contribution is -1.91. The second-order valence-corrected chi connectivity index (χ2v) is 2.90. The van der Waals surface area contributed by atoms with Gasteiger partial charge < -0.3 is 4.57 Å². The highest BCUT2D eigenvalue weighted by Gasteiger charge is 2.05. The number of halogens is 1. The molecule has 62 valence electrons. The van der Waals surface area contributed by atoms with E-state index in [9.17, 15) is 4.39 Å². The van der Waals surface area contributed by atoms with Gasteiger partial charge in [0.2, 0.25) is 0 Å². The highest BCUT2D eigenvalue weighted by molar-refractivity contribution is 5.79. The summed E-state index contributed by atoms with van der Waals surface area (Å²) in [6, 6.07) is 1.88. The molecule has 0 aromatic carbocycles. The Balaban J connectivity index is 2.93. The molecule has 2 heterocycles. The second kappa shape index (κ2) is 2.30. The van der Waals surface area contributed by atoms with Crippen LogP contribution in [-0.4, -0.2) is 9.55 Å². The van der Waals surface area contributed by atoms with Gasteiger partial charge in [0, 0.05) is 18.6 Å². The Hall–Kier alpha value is -1.38. The lowest BCUT2D eigenvalue weighted by Gasteiger charge is -1.98. The highest BCUT2D eigenvalue weighted by Crippen LogP contribution is 2.18. The molecule has 0 radical (unpaired) electrons. The molecule has 0 aliphatic carbocycles. The zero-order chi connectivity index (χ0) is 8.72. The van der Waals surface area contributed by atoms with E-state index in [4.69, 9.17) is 0 Å². The van der Waals surface area contributed by atoms with Gasteiger partial charge in [-0.3, -0.25) is 0 Å². The van der Waals surface area contributed by atoms with E-state index >= 15 is 0 Å². The van der Waals surface area contributed by atoms with Crippen molar-refractivity contribution in [1.29, 1.82) is 0 Å². The molecule has 0 saturated carbocycles. The number of hydrogen-bond donors (Lipinski definition) is 0. The van der Waals surface area contributed by atoms with Crippen LogP contribution in [0.4, 0.5) is 4.39 Å². The molecule has 3 heteroatoms. The number of pyridine rings is 1. The summed E-state index contributed by atoms with van der Waals surface area (Å²) >= 11 is 0. The maximum atomic E-state index is 13.0. The lowest BCUT2D eigenvalue weighted by atomic mass is 10.2. The van der Waals surface area contributed by atoms with Crippen molar-refractivity contribution in [3.05, 3.63) is 29.8 Å². The molecule has 0 aliphatic heterocycles. The molecular weight excluding hydrogens is 155 g/mol. The van der Waals surface area contributed by atoms with Crippen LogP contribution in [-0.2, 0) is 7.05 Å². The average Bonchev–Trinajstić information content (AvgIpc) is 2.41. The molecule has 0 unspecified atom stereocenters. The van der Waals surface area contributed by atoms with Crippen molar-refractivity contribution in [2.24, 2.45) is 7.05 Å². The molecule has 2 nitrogen and oxygen atoms in total. The minimum atomic E-state index is -0.242. The van der Waals surface area contributed by atoms with E-state index in [1.807, 2.05) is 23.9 Å². The van der Waals surface area contributed by atoms with Gasteiger partial charge in [-0.15, -0.1) is 0 Å². The second-order valence-electron chi connectivity index (χ2n) is 2.90. The molecule has 0 fully saturated rings. The van der Waals surface area contributed by atoms with Gasteiger partial charge in [-0.25, -0.2) is 9.37 Å². The summed E-state index contributed by atoms with van der Waals surface area (Å²) in [6.07, 6.45) is 3.14. The van der Waals surface area contributed by atoms with Crippen molar-refractivity contribution < 1.29 is 4.39 Å². The summed E-state index contributed by atoms with van der Waals surface area (Å²) in [5.74, 6) is -0.242. The zero-order valence-electron chi connectivity index (χ0n) is 7.00. The predicted molar refractivity (Wildman–Crippen MR) is 45.4 cm³/mol. The molecule has 0 aliphatic rings. The predicted octanol–water partition coefficient (Wildman–Crippen LogP) is 2.02. The zero-order valence-corrected chi connectivity index (χ0v) is 7.00. The van der Waals surface area contributed by atoms with Gasteiger partial charge >= 0.3 is 0 Å². The van der Waals surface area contributed by atoms with E-state index in [0.29, 0.717) is 5.56 Å². The summed E-state index contributed by atoms with van der Waals surface area (Å²) in [4.78, 5) is 3.99. The fourth-order valence-electron chi connectivity index (χ4n) is 1.32. The quantitative estimate of drug-likeness (QED) is 0.582. The molecule has 12 heavy (non-hydrogen) atoms. The number of hydrogen-bond acceptors (Lipinski definition) is 1.